The maximum atomic E-state index is 13.4. The van der Waals surface area contributed by atoms with Gasteiger partial charge in [0.15, 0.2) is 0 Å². The van der Waals surface area contributed by atoms with Crippen LogP contribution in [0.25, 0.3) is 10.9 Å². The fourth-order valence-corrected chi connectivity index (χ4v) is 2.68. The predicted molar refractivity (Wildman–Crippen MR) is 101 cm³/mol. The first-order valence-corrected chi connectivity index (χ1v) is 8.30. The second-order valence-electron chi connectivity index (χ2n) is 5.91. The third kappa shape index (κ3) is 3.98. The molecule has 0 amide bonds. The number of hydrogen-bond donors (Lipinski definition) is 2. The van der Waals surface area contributed by atoms with Crippen molar-refractivity contribution in [3.05, 3.63) is 84.2 Å². The molecular weight excluding hydrogens is 348 g/mol. The van der Waals surface area contributed by atoms with Crippen LogP contribution in [0.1, 0.15) is 5.56 Å². The van der Waals surface area contributed by atoms with Gasteiger partial charge in [-0.2, -0.15) is 0 Å². The molecule has 0 fully saturated rings. The SMILES string of the molecule is Fc1cc(F)cc(Nc2nccc3nc(NCc4ccccc4)ncc23)c1. The van der Waals surface area contributed by atoms with Gasteiger partial charge in [-0.3, -0.25) is 0 Å². The van der Waals surface area contributed by atoms with Crippen molar-refractivity contribution in [1.29, 1.82) is 0 Å². The second-order valence-corrected chi connectivity index (χ2v) is 5.91. The molecule has 0 aliphatic heterocycles. The topological polar surface area (TPSA) is 62.7 Å². The number of halogens is 2. The van der Waals surface area contributed by atoms with Crippen LogP contribution in [0, 0.1) is 11.6 Å². The van der Waals surface area contributed by atoms with Gasteiger partial charge >= 0.3 is 0 Å². The Morgan fingerprint density at radius 1 is 0.889 bits per heavy atom. The Labute approximate surface area is 154 Å². The molecule has 5 nitrogen and oxygen atoms in total. The molecule has 4 rings (SSSR count). The van der Waals surface area contributed by atoms with Gasteiger partial charge < -0.3 is 10.6 Å². The third-order valence-electron chi connectivity index (χ3n) is 3.93. The van der Waals surface area contributed by atoms with Crippen molar-refractivity contribution in [2.75, 3.05) is 10.6 Å². The van der Waals surface area contributed by atoms with Crippen LogP contribution in [0.4, 0.5) is 26.2 Å². The Morgan fingerprint density at radius 3 is 2.44 bits per heavy atom. The van der Waals surface area contributed by atoms with Crippen molar-refractivity contribution in [1.82, 2.24) is 15.0 Å². The van der Waals surface area contributed by atoms with Gasteiger partial charge in [-0.15, -0.1) is 0 Å². The quantitative estimate of drug-likeness (QED) is 0.540. The number of nitrogens with one attached hydrogen (secondary N) is 2. The van der Waals surface area contributed by atoms with Crippen molar-refractivity contribution in [3.63, 3.8) is 0 Å². The van der Waals surface area contributed by atoms with E-state index in [2.05, 4.69) is 25.6 Å². The summed E-state index contributed by atoms with van der Waals surface area (Å²) in [5, 5.41) is 6.74. The molecule has 0 unspecified atom stereocenters. The van der Waals surface area contributed by atoms with E-state index >= 15 is 0 Å². The zero-order valence-electron chi connectivity index (χ0n) is 14.2. The van der Waals surface area contributed by atoms with Crippen molar-refractivity contribution >= 4 is 28.4 Å². The van der Waals surface area contributed by atoms with Gasteiger partial charge in [0, 0.05) is 30.7 Å². The predicted octanol–water partition coefficient (Wildman–Crippen LogP) is 4.66. The Balaban J connectivity index is 1.58. The summed E-state index contributed by atoms with van der Waals surface area (Å²) < 4.78 is 26.8. The van der Waals surface area contributed by atoms with E-state index in [0.29, 0.717) is 29.2 Å². The maximum absolute atomic E-state index is 13.4. The lowest BCUT2D eigenvalue weighted by Crippen LogP contribution is -2.04. The Hall–Kier alpha value is -3.61. The van der Waals surface area contributed by atoms with E-state index in [-0.39, 0.29) is 5.69 Å². The van der Waals surface area contributed by atoms with Gasteiger partial charge in [-0.1, -0.05) is 30.3 Å². The first-order chi connectivity index (χ1) is 13.2. The Morgan fingerprint density at radius 2 is 1.67 bits per heavy atom. The normalized spacial score (nSPS) is 10.7. The summed E-state index contributed by atoms with van der Waals surface area (Å²) in [6.07, 6.45) is 3.20. The van der Waals surface area contributed by atoms with Gasteiger partial charge in [-0.05, 0) is 23.8 Å². The van der Waals surface area contributed by atoms with Crippen LogP contribution in [-0.2, 0) is 6.54 Å². The molecule has 0 aliphatic rings. The summed E-state index contributed by atoms with van der Waals surface area (Å²) in [4.78, 5) is 13.0. The first-order valence-electron chi connectivity index (χ1n) is 8.30. The van der Waals surface area contributed by atoms with E-state index in [9.17, 15) is 8.78 Å². The van der Waals surface area contributed by atoms with Crippen molar-refractivity contribution in [3.8, 4) is 0 Å². The van der Waals surface area contributed by atoms with E-state index < -0.39 is 11.6 Å². The fraction of sp³-hybridized carbons (Fsp3) is 0.0500. The molecule has 2 heterocycles. The van der Waals surface area contributed by atoms with Crippen LogP contribution < -0.4 is 10.6 Å². The van der Waals surface area contributed by atoms with Crippen LogP contribution >= 0.6 is 0 Å². The number of nitrogens with zero attached hydrogens (tertiary/aromatic N) is 3. The van der Waals surface area contributed by atoms with E-state index in [4.69, 9.17) is 0 Å². The van der Waals surface area contributed by atoms with Crippen LogP contribution in [0.3, 0.4) is 0 Å². The summed E-state index contributed by atoms with van der Waals surface area (Å²) in [5.41, 5.74) is 2.04. The number of benzene rings is 2. The minimum atomic E-state index is -0.665. The van der Waals surface area contributed by atoms with E-state index in [1.807, 2.05) is 30.3 Å². The van der Waals surface area contributed by atoms with Crippen molar-refractivity contribution in [2.24, 2.45) is 0 Å². The summed E-state index contributed by atoms with van der Waals surface area (Å²) in [7, 11) is 0. The molecule has 4 aromatic rings. The number of hydrogen-bond acceptors (Lipinski definition) is 5. The molecule has 0 radical (unpaired) electrons. The van der Waals surface area contributed by atoms with Gasteiger partial charge in [-0.25, -0.2) is 23.7 Å². The average Bonchev–Trinajstić information content (AvgIpc) is 2.66. The average molecular weight is 363 g/mol. The van der Waals surface area contributed by atoms with Crippen molar-refractivity contribution < 1.29 is 8.78 Å². The largest absolute Gasteiger partial charge is 0.350 e. The number of fused-ring (bicyclic) bond motifs is 1. The molecule has 27 heavy (non-hydrogen) atoms. The molecule has 7 heteroatoms. The molecule has 2 aromatic carbocycles. The maximum Gasteiger partial charge on any atom is 0.223 e. The number of aromatic nitrogens is 3. The first kappa shape index (κ1) is 16.8. The summed E-state index contributed by atoms with van der Waals surface area (Å²) >= 11 is 0. The fourth-order valence-electron chi connectivity index (χ4n) is 2.68. The van der Waals surface area contributed by atoms with Gasteiger partial charge in [0.05, 0.1) is 10.9 Å². The minimum Gasteiger partial charge on any atom is -0.350 e. The highest BCUT2D eigenvalue weighted by Crippen LogP contribution is 2.24. The van der Waals surface area contributed by atoms with Crippen molar-refractivity contribution in [2.45, 2.75) is 6.54 Å². The molecule has 0 atom stereocenters. The summed E-state index contributed by atoms with van der Waals surface area (Å²) in [6.45, 7) is 0.602. The Bertz CT molecular complexity index is 1070. The molecule has 0 aliphatic carbocycles. The standard InChI is InChI=1S/C20H15F2N5/c21-14-8-15(22)10-16(9-14)26-19-17-12-25-20(27-18(17)6-7-23-19)24-11-13-4-2-1-3-5-13/h1-10,12H,11H2,(H,23,26)(H,24,25,27). The van der Waals surface area contributed by atoms with E-state index in [0.717, 1.165) is 11.6 Å². The lowest BCUT2D eigenvalue weighted by atomic mass is 10.2. The highest BCUT2D eigenvalue weighted by Gasteiger charge is 2.08. The molecule has 0 saturated heterocycles. The van der Waals surface area contributed by atoms with E-state index in [1.54, 1.807) is 18.5 Å². The number of rotatable bonds is 5. The smallest absolute Gasteiger partial charge is 0.223 e. The highest BCUT2D eigenvalue weighted by atomic mass is 19.1. The van der Waals surface area contributed by atoms with Gasteiger partial charge in [0.25, 0.3) is 0 Å². The van der Waals surface area contributed by atoms with Crippen LogP contribution in [0.5, 0.6) is 0 Å². The molecule has 0 spiro atoms. The highest BCUT2D eigenvalue weighted by molar-refractivity contribution is 5.90. The third-order valence-corrected chi connectivity index (χ3v) is 3.93. The monoisotopic (exact) mass is 363 g/mol. The van der Waals surface area contributed by atoms with Crippen LogP contribution in [0.2, 0.25) is 0 Å². The minimum absolute atomic E-state index is 0.263. The lowest BCUT2D eigenvalue weighted by Gasteiger charge is -2.10. The zero-order valence-corrected chi connectivity index (χ0v) is 14.2. The molecule has 134 valence electrons. The molecule has 0 saturated carbocycles. The summed E-state index contributed by atoms with van der Waals surface area (Å²) in [5.74, 6) is -0.421. The van der Waals surface area contributed by atoms with Gasteiger partial charge in [0.2, 0.25) is 5.95 Å². The molecular formula is C20H15F2N5. The van der Waals surface area contributed by atoms with Crippen LogP contribution in [-0.4, -0.2) is 15.0 Å². The Kier molecular flexibility index (Phi) is 4.57. The zero-order chi connectivity index (χ0) is 18.6. The molecule has 2 N–H and O–H groups in total. The van der Waals surface area contributed by atoms with Gasteiger partial charge in [0.1, 0.15) is 17.5 Å². The van der Waals surface area contributed by atoms with Crippen LogP contribution in [0.15, 0.2) is 67.0 Å². The number of pyridine rings is 1. The molecule has 0 bridgehead atoms. The van der Waals surface area contributed by atoms with E-state index in [1.165, 1.54) is 12.1 Å². The lowest BCUT2D eigenvalue weighted by molar-refractivity contribution is 0.584. The molecule has 2 aromatic heterocycles. The summed E-state index contributed by atoms with van der Waals surface area (Å²) in [6, 6.07) is 14.9. The second kappa shape index (κ2) is 7.33. The number of anilines is 3.